The topological polar surface area (TPSA) is 60.4 Å². The van der Waals surface area contributed by atoms with E-state index in [2.05, 4.69) is 0 Å². The van der Waals surface area contributed by atoms with Gasteiger partial charge in [-0.2, -0.15) is 0 Å². The first-order valence-corrected chi connectivity index (χ1v) is 11.5. The molecule has 0 saturated heterocycles. The molecule has 0 saturated carbocycles. The zero-order valence-electron chi connectivity index (χ0n) is 13.6. The Morgan fingerprint density at radius 2 is 1.11 bits per heavy atom. The maximum absolute atomic E-state index is 13.0. The maximum Gasteiger partial charge on any atom is 0.322 e. The van der Waals surface area contributed by atoms with Gasteiger partial charge in [0.25, 0.3) is 0 Å². The molecule has 0 bridgehead atoms. The standard InChI is InChI=1S/C13H27O4PSi/c1-12(2,3)10(14)18(16,17-19(7,8)9)11(15)13(4,5)6/h1-9H3. The molecule has 4 nitrogen and oxygen atoms in total. The maximum atomic E-state index is 13.0. The van der Waals surface area contributed by atoms with Gasteiger partial charge in [-0.25, -0.2) is 0 Å². The van der Waals surface area contributed by atoms with Gasteiger partial charge >= 0.3 is 7.37 Å². The van der Waals surface area contributed by atoms with Gasteiger partial charge in [0.2, 0.25) is 11.0 Å². The van der Waals surface area contributed by atoms with Crippen molar-refractivity contribution in [1.29, 1.82) is 0 Å². The Bertz CT molecular complexity index is 391. The van der Waals surface area contributed by atoms with Crippen molar-refractivity contribution in [3.05, 3.63) is 0 Å². The largest absolute Gasteiger partial charge is 0.360 e. The monoisotopic (exact) mass is 306 g/mol. The highest BCUT2D eigenvalue weighted by Gasteiger charge is 2.52. The Hall–Kier alpha value is -0.253. The van der Waals surface area contributed by atoms with Crippen molar-refractivity contribution in [3.63, 3.8) is 0 Å². The van der Waals surface area contributed by atoms with Crippen molar-refractivity contribution in [2.75, 3.05) is 0 Å². The first-order valence-electron chi connectivity index (χ1n) is 6.42. The van der Waals surface area contributed by atoms with Crippen molar-refractivity contribution in [2.24, 2.45) is 10.8 Å². The summed E-state index contributed by atoms with van der Waals surface area (Å²) in [6, 6.07) is 0. The third-order valence-corrected chi connectivity index (χ3v) is 7.85. The van der Waals surface area contributed by atoms with Gasteiger partial charge in [0.1, 0.15) is 0 Å². The highest BCUT2D eigenvalue weighted by atomic mass is 31.2. The second-order valence-corrected chi connectivity index (χ2v) is 14.7. The summed E-state index contributed by atoms with van der Waals surface area (Å²) in [6.07, 6.45) is 0. The van der Waals surface area contributed by atoms with E-state index in [1.54, 1.807) is 41.5 Å². The van der Waals surface area contributed by atoms with Crippen LogP contribution in [0.1, 0.15) is 41.5 Å². The first-order chi connectivity index (χ1) is 8.02. The lowest BCUT2D eigenvalue weighted by Gasteiger charge is -2.32. The molecule has 0 fully saturated rings. The van der Waals surface area contributed by atoms with Gasteiger partial charge in [-0.05, 0) is 19.6 Å². The van der Waals surface area contributed by atoms with Crippen LogP contribution >= 0.6 is 7.37 Å². The van der Waals surface area contributed by atoms with Crippen LogP contribution < -0.4 is 0 Å². The third kappa shape index (κ3) is 4.97. The lowest BCUT2D eigenvalue weighted by Crippen LogP contribution is -2.35. The molecule has 0 aromatic heterocycles. The number of carbonyl (C=O) groups excluding carboxylic acids is 2. The summed E-state index contributed by atoms with van der Waals surface area (Å²) in [4.78, 5) is 24.9. The average Bonchev–Trinajstić information content (AvgIpc) is 2.09. The van der Waals surface area contributed by atoms with Crippen LogP contribution in [0.3, 0.4) is 0 Å². The van der Waals surface area contributed by atoms with Gasteiger partial charge < -0.3 is 4.21 Å². The van der Waals surface area contributed by atoms with Gasteiger partial charge in [-0.15, -0.1) is 0 Å². The molecular formula is C13H27O4PSi. The molecular weight excluding hydrogens is 279 g/mol. The van der Waals surface area contributed by atoms with Gasteiger partial charge in [-0.1, -0.05) is 41.5 Å². The van der Waals surface area contributed by atoms with Crippen LogP contribution in [0.25, 0.3) is 0 Å². The van der Waals surface area contributed by atoms with Crippen LogP contribution in [0.2, 0.25) is 19.6 Å². The summed E-state index contributed by atoms with van der Waals surface area (Å²) in [5.41, 5.74) is -2.89. The molecule has 0 aliphatic rings. The van der Waals surface area contributed by atoms with Gasteiger partial charge in [-0.3, -0.25) is 14.2 Å². The minimum Gasteiger partial charge on any atom is -0.360 e. The molecule has 112 valence electrons. The summed E-state index contributed by atoms with van der Waals surface area (Å²) in [5.74, 6) is 0. The highest BCUT2D eigenvalue weighted by Crippen LogP contribution is 2.58. The van der Waals surface area contributed by atoms with Crippen LogP contribution in [0.4, 0.5) is 0 Å². The third-order valence-electron chi connectivity index (χ3n) is 2.22. The Balaban J connectivity index is 5.86. The molecule has 0 rings (SSSR count). The lowest BCUT2D eigenvalue weighted by atomic mass is 9.99. The summed E-state index contributed by atoms with van der Waals surface area (Å²) in [7, 11) is -6.26. The lowest BCUT2D eigenvalue weighted by molar-refractivity contribution is -0.123. The molecule has 0 aromatic rings. The molecule has 0 unspecified atom stereocenters. The summed E-state index contributed by atoms with van der Waals surface area (Å²) >= 11 is 0. The number of hydrogen-bond acceptors (Lipinski definition) is 4. The fraction of sp³-hybridized carbons (Fsp3) is 0.846. The van der Waals surface area contributed by atoms with Crippen LogP contribution in [-0.4, -0.2) is 19.4 Å². The Labute approximate surface area is 117 Å². The van der Waals surface area contributed by atoms with Crippen LogP contribution in [0.15, 0.2) is 0 Å². The van der Waals surface area contributed by atoms with E-state index < -0.39 is 37.6 Å². The Morgan fingerprint density at radius 3 is 1.26 bits per heavy atom. The second kappa shape index (κ2) is 5.26. The smallest absolute Gasteiger partial charge is 0.322 e. The molecule has 0 aliphatic carbocycles. The van der Waals surface area contributed by atoms with Crippen molar-refractivity contribution < 1.29 is 18.4 Å². The summed E-state index contributed by atoms with van der Waals surface area (Å²) < 4.78 is 18.6. The number of carbonyl (C=O) groups is 2. The Kier molecular flexibility index (Phi) is 5.19. The molecule has 0 N–H and O–H groups in total. The van der Waals surface area contributed by atoms with E-state index in [1.807, 2.05) is 19.6 Å². The van der Waals surface area contributed by atoms with Crippen molar-refractivity contribution in [2.45, 2.75) is 61.2 Å². The molecule has 6 heteroatoms. The predicted octanol–water partition coefficient (Wildman–Crippen LogP) is 4.26. The van der Waals surface area contributed by atoms with E-state index >= 15 is 0 Å². The zero-order valence-corrected chi connectivity index (χ0v) is 15.5. The number of rotatable bonds is 4. The molecule has 0 radical (unpaired) electrons. The van der Waals surface area contributed by atoms with Gasteiger partial charge in [0.15, 0.2) is 8.32 Å². The van der Waals surface area contributed by atoms with Gasteiger partial charge in [0, 0.05) is 10.8 Å². The minimum absolute atomic E-state index is 0.581. The average molecular weight is 306 g/mol. The highest BCUT2D eigenvalue weighted by molar-refractivity contribution is 7.91. The fourth-order valence-electron chi connectivity index (χ4n) is 1.44. The quantitative estimate of drug-likeness (QED) is 0.575. The zero-order chi connectivity index (χ0) is 15.9. The molecule has 0 atom stereocenters. The molecule has 19 heavy (non-hydrogen) atoms. The van der Waals surface area contributed by atoms with Gasteiger partial charge in [0.05, 0.1) is 0 Å². The fourth-order valence-corrected chi connectivity index (χ4v) is 7.14. The molecule has 0 amide bonds. The van der Waals surface area contributed by atoms with Crippen molar-refractivity contribution in [1.82, 2.24) is 0 Å². The van der Waals surface area contributed by atoms with Crippen LogP contribution in [-0.2, 0) is 18.4 Å². The van der Waals surface area contributed by atoms with E-state index in [0.29, 0.717) is 0 Å². The van der Waals surface area contributed by atoms with Crippen LogP contribution in [0.5, 0.6) is 0 Å². The number of hydrogen-bond donors (Lipinski definition) is 0. The first kappa shape index (κ1) is 18.7. The van der Waals surface area contributed by atoms with E-state index in [4.69, 9.17) is 4.21 Å². The van der Waals surface area contributed by atoms with E-state index in [9.17, 15) is 14.2 Å². The van der Waals surface area contributed by atoms with Crippen molar-refractivity contribution in [3.8, 4) is 0 Å². The SMILES string of the molecule is CC(C)(C)C(=O)P(=O)(O[Si](C)(C)C)C(=O)C(C)(C)C. The summed E-state index contributed by atoms with van der Waals surface area (Å²) in [6.45, 7) is 15.4. The van der Waals surface area contributed by atoms with Crippen molar-refractivity contribution >= 4 is 26.7 Å². The van der Waals surface area contributed by atoms with Crippen LogP contribution in [0, 0.1) is 10.8 Å². The van der Waals surface area contributed by atoms with E-state index in [-0.39, 0.29) is 0 Å². The molecule has 0 aromatic carbocycles. The van der Waals surface area contributed by atoms with E-state index in [0.717, 1.165) is 0 Å². The molecule has 0 heterocycles. The summed E-state index contributed by atoms with van der Waals surface area (Å²) in [5, 5.41) is 0. The van der Waals surface area contributed by atoms with E-state index in [1.165, 1.54) is 0 Å². The predicted molar refractivity (Wildman–Crippen MR) is 81.0 cm³/mol. The minimum atomic E-state index is -3.98. The second-order valence-electron chi connectivity index (χ2n) is 7.87. The molecule has 0 aliphatic heterocycles. The Morgan fingerprint density at radius 1 is 0.842 bits per heavy atom. The molecule has 0 spiro atoms. The normalized spacial score (nSPS) is 14.4.